The maximum absolute atomic E-state index is 5.36. The number of guanidine groups is 1. The van der Waals surface area contributed by atoms with E-state index in [2.05, 4.69) is 58.6 Å². The van der Waals surface area contributed by atoms with E-state index in [9.17, 15) is 0 Å². The fourth-order valence-electron chi connectivity index (χ4n) is 2.88. The van der Waals surface area contributed by atoms with E-state index in [1.54, 1.807) is 0 Å². The van der Waals surface area contributed by atoms with Gasteiger partial charge in [-0.15, -0.1) is 0 Å². The molecule has 1 aliphatic rings. The lowest BCUT2D eigenvalue weighted by Crippen LogP contribution is -2.44. The monoisotopic (exact) mass is 332 g/mol. The van der Waals surface area contributed by atoms with E-state index < -0.39 is 0 Å². The van der Waals surface area contributed by atoms with Crippen molar-refractivity contribution >= 4 is 11.6 Å². The van der Waals surface area contributed by atoms with Crippen molar-refractivity contribution in [3.8, 4) is 0 Å². The van der Waals surface area contributed by atoms with Crippen LogP contribution in [0.4, 0.5) is 5.69 Å². The molecule has 24 heavy (non-hydrogen) atoms. The number of benzene rings is 1. The minimum absolute atomic E-state index is 0.441. The maximum atomic E-state index is 5.36. The van der Waals surface area contributed by atoms with Gasteiger partial charge in [0.05, 0.1) is 0 Å². The van der Waals surface area contributed by atoms with Gasteiger partial charge in [0.1, 0.15) is 0 Å². The lowest BCUT2D eigenvalue weighted by Gasteiger charge is -2.20. The molecule has 1 aromatic rings. The predicted octanol–water partition coefficient (Wildman–Crippen LogP) is 2.56. The van der Waals surface area contributed by atoms with Crippen LogP contribution in [-0.2, 0) is 4.74 Å². The molecule has 1 aromatic carbocycles. The van der Waals surface area contributed by atoms with E-state index in [1.165, 1.54) is 11.3 Å². The molecule has 0 amide bonds. The highest BCUT2D eigenvalue weighted by atomic mass is 16.5. The van der Waals surface area contributed by atoms with Crippen LogP contribution in [0.1, 0.15) is 32.3 Å². The van der Waals surface area contributed by atoms with Crippen molar-refractivity contribution in [2.24, 2.45) is 4.99 Å². The van der Waals surface area contributed by atoms with Crippen LogP contribution < -0.4 is 15.5 Å². The summed E-state index contributed by atoms with van der Waals surface area (Å²) in [6.07, 6.45) is 2.10. The van der Waals surface area contributed by atoms with Gasteiger partial charge in [0.2, 0.25) is 0 Å². The number of rotatable bonds is 8. The zero-order valence-electron chi connectivity index (χ0n) is 15.3. The van der Waals surface area contributed by atoms with Crippen LogP contribution in [-0.4, -0.2) is 51.4 Å². The highest BCUT2D eigenvalue weighted by Gasteiger charge is 2.23. The minimum atomic E-state index is 0.441. The van der Waals surface area contributed by atoms with E-state index in [1.807, 2.05) is 6.92 Å². The Hall–Kier alpha value is -1.75. The Morgan fingerprint density at radius 1 is 1.29 bits per heavy atom. The summed E-state index contributed by atoms with van der Waals surface area (Å²) in [5.74, 6) is 0.921. The van der Waals surface area contributed by atoms with E-state index in [4.69, 9.17) is 4.74 Å². The molecule has 134 valence electrons. The van der Waals surface area contributed by atoms with Crippen LogP contribution in [0.25, 0.3) is 0 Å². The zero-order chi connectivity index (χ0) is 17.2. The van der Waals surface area contributed by atoms with Crippen LogP contribution in [0.3, 0.4) is 0 Å². The van der Waals surface area contributed by atoms with Gasteiger partial charge in [0.25, 0.3) is 0 Å². The number of hydrogen-bond acceptors (Lipinski definition) is 3. The number of ether oxygens (including phenoxy) is 1. The fourth-order valence-corrected chi connectivity index (χ4v) is 2.88. The van der Waals surface area contributed by atoms with Gasteiger partial charge in [-0.1, -0.05) is 17.7 Å². The second kappa shape index (κ2) is 10.2. The average Bonchev–Trinajstić information content (AvgIpc) is 3.04. The summed E-state index contributed by atoms with van der Waals surface area (Å²) >= 11 is 0. The molecule has 0 radical (unpaired) electrons. The topological polar surface area (TPSA) is 48.9 Å². The number of aryl methyl sites for hydroxylation is 1. The van der Waals surface area contributed by atoms with Crippen molar-refractivity contribution < 1.29 is 4.74 Å². The number of anilines is 1. The molecule has 5 heteroatoms. The molecular formula is C19H32N4O. The Morgan fingerprint density at radius 3 is 2.79 bits per heavy atom. The smallest absolute Gasteiger partial charge is 0.191 e. The summed E-state index contributed by atoms with van der Waals surface area (Å²) in [5, 5.41) is 6.92. The molecule has 5 nitrogen and oxygen atoms in total. The average molecular weight is 332 g/mol. The fraction of sp³-hybridized carbons (Fsp3) is 0.632. The molecule has 0 spiro atoms. The van der Waals surface area contributed by atoms with E-state index in [0.717, 1.165) is 58.2 Å². The third-order valence-electron chi connectivity index (χ3n) is 4.19. The van der Waals surface area contributed by atoms with Crippen LogP contribution in [0, 0.1) is 6.92 Å². The van der Waals surface area contributed by atoms with Gasteiger partial charge in [-0.3, -0.25) is 4.99 Å². The Kier molecular flexibility index (Phi) is 7.89. The molecule has 1 saturated heterocycles. The van der Waals surface area contributed by atoms with Gasteiger partial charge in [0.15, 0.2) is 5.96 Å². The van der Waals surface area contributed by atoms with E-state index in [-0.39, 0.29) is 0 Å². The Bertz CT molecular complexity index is 501. The molecule has 1 aliphatic heterocycles. The van der Waals surface area contributed by atoms with Gasteiger partial charge < -0.3 is 20.3 Å². The van der Waals surface area contributed by atoms with Crippen molar-refractivity contribution in [1.82, 2.24) is 10.6 Å². The Balaban J connectivity index is 1.82. The highest BCUT2D eigenvalue weighted by molar-refractivity contribution is 5.80. The van der Waals surface area contributed by atoms with E-state index in [0.29, 0.717) is 6.04 Å². The minimum Gasteiger partial charge on any atom is -0.382 e. The summed E-state index contributed by atoms with van der Waals surface area (Å²) in [4.78, 5) is 7.09. The van der Waals surface area contributed by atoms with Crippen LogP contribution in [0.15, 0.2) is 29.3 Å². The molecule has 0 bridgehead atoms. The van der Waals surface area contributed by atoms with E-state index >= 15 is 0 Å². The number of aliphatic imine (C=N–C) groups is 1. The molecule has 1 heterocycles. The lowest BCUT2D eigenvalue weighted by atomic mass is 10.2. The second-order valence-electron chi connectivity index (χ2n) is 6.22. The lowest BCUT2D eigenvalue weighted by molar-refractivity contribution is 0.146. The second-order valence-corrected chi connectivity index (χ2v) is 6.22. The standard InChI is InChI=1S/C19H32N4O/c1-4-20-19(21-12-6-14-24-5-2)22-17-11-13-23(15-17)18-9-7-16(3)8-10-18/h7-10,17H,4-6,11-15H2,1-3H3,(H2,20,21,22). The summed E-state index contributed by atoms with van der Waals surface area (Å²) in [6, 6.07) is 9.23. The first-order valence-electron chi connectivity index (χ1n) is 9.17. The molecule has 0 aromatic heterocycles. The third-order valence-corrected chi connectivity index (χ3v) is 4.19. The maximum Gasteiger partial charge on any atom is 0.191 e. The number of nitrogens with one attached hydrogen (secondary N) is 2. The summed E-state index contributed by atoms with van der Waals surface area (Å²) < 4.78 is 5.36. The van der Waals surface area contributed by atoms with Crippen molar-refractivity contribution in [3.05, 3.63) is 29.8 Å². The van der Waals surface area contributed by atoms with Gasteiger partial charge in [-0.25, -0.2) is 0 Å². The van der Waals surface area contributed by atoms with Crippen molar-refractivity contribution in [2.75, 3.05) is 44.3 Å². The summed E-state index contributed by atoms with van der Waals surface area (Å²) in [7, 11) is 0. The van der Waals surface area contributed by atoms with Crippen LogP contribution in [0.5, 0.6) is 0 Å². The SMILES string of the molecule is CCNC(=NCCCOCC)NC1CCN(c2ccc(C)cc2)C1. The quantitative estimate of drug-likeness (QED) is 0.436. The molecule has 1 fully saturated rings. The van der Waals surface area contributed by atoms with Crippen molar-refractivity contribution in [1.29, 1.82) is 0 Å². The first kappa shape index (κ1) is 18.6. The molecule has 0 aliphatic carbocycles. The summed E-state index contributed by atoms with van der Waals surface area (Å²) in [6.45, 7) is 11.6. The van der Waals surface area contributed by atoms with Crippen LogP contribution >= 0.6 is 0 Å². The molecular weight excluding hydrogens is 300 g/mol. The molecule has 0 saturated carbocycles. The largest absolute Gasteiger partial charge is 0.382 e. The Labute approximate surface area is 146 Å². The molecule has 2 rings (SSSR count). The van der Waals surface area contributed by atoms with Crippen molar-refractivity contribution in [2.45, 2.75) is 39.7 Å². The predicted molar refractivity (Wildman–Crippen MR) is 102 cm³/mol. The van der Waals surface area contributed by atoms with Gasteiger partial charge in [0, 0.05) is 51.1 Å². The first-order valence-corrected chi connectivity index (χ1v) is 9.17. The third kappa shape index (κ3) is 6.04. The summed E-state index contributed by atoms with van der Waals surface area (Å²) in [5.41, 5.74) is 2.62. The van der Waals surface area contributed by atoms with Crippen molar-refractivity contribution in [3.63, 3.8) is 0 Å². The molecule has 1 atom stereocenters. The normalized spacial score (nSPS) is 18.0. The molecule has 1 unspecified atom stereocenters. The zero-order valence-corrected chi connectivity index (χ0v) is 15.3. The van der Waals surface area contributed by atoms with Crippen LogP contribution in [0.2, 0.25) is 0 Å². The number of nitrogens with zero attached hydrogens (tertiary/aromatic N) is 2. The number of hydrogen-bond donors (Lipinski definition) is 2. The van der Waals surface area contributed by atoms with Gasteiger partial charge in [-0.2, -0.15) is 0 Å². The molecule has 2 N–H and O–H groups in total. The van der Waals surface area contributed by atoms with Gasteiger partial charge >= 0.3 is 0 Å². The first-order chi connectivity index (χ1) is 11.7. The van der Waals surface area contributed by atoms with Gasteiger partial charge in [-0.05, 0) is 45.7 Å². The highest BCUT2D eigenvalue weighted by Crippen LogP contribution is 2.20. The Morgan fingerprint density at radius 2 is 2.08 bits per heavy atom.